The standard InChI is InChI=1S/C11H17NO4/c1-11(2,3)16-10(15)12(4)8(9(13)14)7-5-6-7/h5,8H,6H2,1-4H3,(H,13,14)/t8-/m0/s1. The Morgan fingerprint density at radius 3 is 2.31 bits per heavy atom. The summed E-state index contributed by atoms with van der Waals surface area (Å²) in [6.45, 7) is 5.22. The first-order valence-electron chi connectivity index (χ1n) is 5.10. The van der Waals surface area contributed by atoms with Crippen LogP contribution in [-0.4, -0.2) is 40.8 Å². The van der Waals surface area contributed by atoms with Crippen LogP contribution in [0.1, 0.15) is 27.2 Å². The molecule has 0 radical (unpaired) electrons. The third-order valence-corrected chi connectivity index (χ3v) is 2.09. The highest BCUT2D eigenvalue weighted by molar-refractivity contribution is 5.84. The van der Waals surface area contributed by atoms with Crippen molar-refractivity contribution in [2.75, 3.05) is 7.05 Å². The minimum absolute atomic E-state index is 0.618. The van der Waals surface area contributed by atoms with Crippen LogP contribution in [0.25, 0.3) is 0 Å². The lowest BCUT2D eigenvalue weighted by molar-refractivity contribution is -0.141. The van der Waals surface area contributed by atoms with Crippen molar-refractivity contribution in [1.29, 1.82) is 0 Å². The van der Waals surface area contributed by atoms with Crippen molar-refractivity contribution >= 4 is 12.1 Å². The quantitative estimate of drug-likeness (QED) is 0.744. The van der Waals surface area contributed by atoms with E-state index in [-0.39, 0.29) is 0 Å². The van der Waals surface area contributed by atoms with Gasteiger partial charge in [0.15, 0.2) is 6.04 Å². The molecular formula is C11H17NO4. The van der Waals surface area contributed by atoms with Crippen LogP contribution in [-0.2, 0) is 9.53 Å². The zero-order chi connectivity index (χ0) is 12.5. The highest BCUT2D eigenvalue weighted by Gasteiger charge is 2.35. The van der Waals surface area contributed by atoms with E-state index in [4.69, 9.17) is 9.84 Å². The van der Waals surface area contributed by atoms with Gasteiger partial charge in [-0.25, -0.2) is 9.59 Å². The number of carbonyl (C=O) groups is 2. The summed E-state index contributed by atoms with van der Waals surface area (Å²) in [6, 6.07) is -0.894. The number of allylic oxidation sites excluding steroid dienone is 1. The fraction of sp³-hybridized carbons (Fsp3) is 0.636. The van der Waals surface area contributed by atoms with E-state index >= 15 is 0 Å². The van der Waals surface area contributed by atoms with Gasteiger partial charge in [-0.3, -0.25) is 4.90 Å². The van der Waals surface area contributed by atoms with Gasteiger partial charge in [-0.15, -0.1) is 0 Å². The van der Waals surface area contributed by atoms with E-state index in [2.05, 4.69) is 0 Å². The molecule has 5 nitrogen and oxygen atoms in total. The van der Waals surface area contributed by atoms with E-state index < -0.39 is 23.7 Å². The second-order valence-corrected chi connectivity index (χ2v) is 4.82. The molecule has 0 bridgehead atoms. The number of rotatable bonds is 3. The van der Waals surface area contributed by atoms with E-state index in [0.717, 1.165) is 10.5 Å². The number of nitrogens with zero attached hydrogens (tertiary/aromatic N) is 1. The molecule has 0 heterocycles. The predicted octanol–water partition coefficient (Wildman–Crippen LogP) is 1.64. The number of carbonyl (C=O) groups excluding carboxylic acids is 1. The number of likely N-dealkylation sites (N-methyl/N-ethyl adjacent to an activating group) is 1. The number of hydrogen-bond donors (Lipinski definition) is 1. The smallest absolute Gasteiger partial charge is 0.411 e. The first-order chi connectivity index (χ1) is 7.22. The van der Waals surface area contributed by atoms with Crippen LogP contribution < -0.4 is 0 Å². The van der Waals surface area contributed by atoms with Crippen LogP contribution in [0.3, 0.4) is 0 Å². The van der Waals surface area contributed by atoms with Crippen molar-refractivity contribution in [3.63, 3.8) is 0 Å². The van der Waals surface area contributed by atoms with E-state index in [1.54, 1.807) is 26.8 Å². The summed E-state index contributed by atoms with van der Waals surface area (Å²) in [5.74, 6) is -1.03. The summed E-state index contributed by atoms with van der Waals surface area (Å²) in [5.41, 5.74) is 0.132. The summed E-state index contributed by atoms with van der Waals surface area (Å²) in [7, 11) is 1.44. The largest absolute Gasteiger partial charge is 0.479 e. The molecule has 0 aliphatic heterocycles. The van der Waals surface area contributed by atoms with Crippen molar-refractivity contribution in [2.45, 2.75) is 38.8 Å². The molecule has 0 saturated heterocycles. The summed E-state index contributed by atoms with van der Waals surface area (Å²) in [4.78, 5) is 23.8. The topological polar surface area (TPSA) is 66.8 Å². The summed E-state index contributed by atoms with van der Waals surface area (Å²) >= 11 is 0. The Labute approximate surface area is 94.7 Å². The van der Waals surface area contributed by atoms with E-state index in [1.165, 1.54) is 7.05 Å². The number of ether oxygens (including phenoxy) is 1. The molecule has 1 atom stereocenters. The molecule has 90 valence electrons. The lowest BCUT2D eigenvalue weighted by Crippen LogP contribution is -2.44. The van der Waals surface area contributed by atoms with Crippen molar-refractivity contribution in [3.05, 3.63) is 11.6 Å². The van der Waals surface area contributed by atoms with Gasteiger partial charge in [-0.1, -0.05) is 6.08 Å². The van der Waals surface area contributed by atoms with Crippen LogP contribution in [0.15, 0.2) is 11.6 Å². The number of hydrogen-bond acceptors (Lipinski definition) is 3. The Kier molecular flexibility index (Phi) is 3.26. The van der Waals surface area contributed by atoms with E-state index in [0.29, 0.717) is 6.42 Å². The van der Waals surface area contributed by atoms with Crippen LogP contribution in [0.4, 0.5) is 4.79 Å². The zero-order valence-corrected chi connectivity index (χ0v) is 9.98. The van der Waals surface area contributed by atoms with Crippen molar-refractivity contribution in [3.8, 4) is 0 Å². The van der Waals surface area contributed by atoms with Gasteiger partial charge in [0.05, 0.1) is 0 Å². The molecule has 1 aliphatic carbocycles. The third-order valence-electron chi connectivity index (χ3n) is 2.09. The van der Waals surface area contributed by atoms with Crippen LogP contribution in [0.2, 0.25) is 0 Å². The highest BCUT2D eigenvalue weighted by Crippen LogP contribution is 2.27. The fourth-order valence-corrected chi connectivity index (χ4v) is 1.29. The first-order valence-corrected chi connectivity index (χ1v) is 5.10. The monoisotopic (exact) mass is 227 g/mol. The van der Waals surface area contributed by atoms with Gasteiger partial charge in [0.25, 0.3) is 0 Å². The SMILES string of the molecule is CN(C(=O)OC(C)(C)C)[C@H](C(=O)O)C1=CC1. The molecule has 1 N–H and O–H groups in total. The van der Waals surface area contributed by atoms with Gasteiger partial charge in [-0.05, 0) is 32.8 Å². The van der Waals surface area contributed by atoms with Gasteiger partial charge >= 0.3 is 12.1 Å². The summed E-state index contributed by atoms with van der Waals surface area (Å²) in [5, 5.41) is 9.01. The molecule has 0 spiro atoms. The predicted molar refractivity (Wildman–Crippen MR) is 58.1 cm³/mol. The van der Waals surface area contributed by atoms with Crippen LogP contribution >= 0.6 is 0 Å². The summed E-state index contributed by atoms with van der Waals surface area (Å²) in [6.07, 6.45) is 1.83. The average Bonchev–Trinajstić information content (AvgIpc) is 2.84. The molecule has 1 rings (SSSR count). The van der Waals surface area contributed by atoms with Crippen LogP contribution in [0.5, 0.6) is 0 Å². The summed E-state index contributed by atoms with van der Waals surface area (Å²) < 4.78 is 5.11. The molecule has 0 unspecified atom stereocenters. The Bertz CT molecular complexity index is 338. The molecule has 16 heavy (non-hydrogen) atoms. The van der Waals surface area contributed by atoms with Crippen molar-refractivity contribution in [2.24, 2.45) is 0 Å². The minimum Gasteiger partial charge on any atom is -0.479 e. The zero-order valence-electron chi connectivity index (χ0n) is 9.98. The second-order valence-electron chi connectivity index (χ2n) is 4.82. The molecule has 1 aliphatic rings. The lowest BCUT2D eigenvalue weighted by Gasteiger charge is -2.27. The van der Waals surface area contributed by atoms with Gasteiger partial charge in [-0.2, -0.15) is 0 Å². The average molecular weight is 227 g/mol. The van der Waals surface area contributed by atoms with E-state index in [9.17, 15) is 9.59 Å². The Morgan fingerprint density at radius 2 is 2.00 bits per heavy atom. The van der Waals surface area contributed by atoms with E-state index in [1.807, 2.05) is 0 Å². The third kappa shape index (κ3) is 3.25. The molecule has 0 saturated carbocycles. The first kappa shape index (κ1) is 12.5. The van der Waals surface area contributed by atoms with Gasteiger partial charge < -0.3 is 9.84 Å². The molecule has 0 aromatic heterocycles. The maximum Gasteiger partial charge on any atom is 0.411 e. The second kappa shape index (κ2) is 4.15. The van der Waals surface area contributed by atoms with Gasteiger partial charge in [0.1, 0.15) is 5.60 Å². The molecular weight excluding hydrogens is 210 g/mol. The van der Waals surface area contributed by atoms with Gasteiger partial charge in [0.2, 0.25) is 0 Å². The molecule has 5 heteroatoms. The maximum absolute atomic E-state index is 11.6. The Morgan fingerprint density at radius 1 is 1.50 bits per heavy atom. The lowest BCUT2D eigenvalue weighted by atomic mass is 10.2. The Hall–Kier alpha value is -1.52. The maximum atomic E-state index is 11.6. The number of carboxylic acid groups (broad SMARTS) is 1. The van der Waals surface area contributed by atoms with Crippen LogP contribution in [0, 0.1) is 0 Å². The normalized spacial score (nSPS) is 16.1. The fourth-order valence-electron chi connectivity index (χ4n) is 1.29. The van der Waals surface area contributed by atoms with Crippen molar-refractivity contribution < 1.29 is 19.4 Å². The molecule has 0 aromatic rings. The number of amides is 1. The van der Waals surface area contributed by atoms with Gasteiger partial charge in [0, 0.05) is 7.05 Å². The molecule has 0 fully saturated rings. The molecule has 1 amide bonds. The number of aliphatic carboxylic acids is 1. The highest BCUT2D eigenvalue weighted by atomic mass is 16.6. The van der Waals surface area contributed by atoms with Crippen molar-refractivity contribution in [1.82, 2.24) is 4.90 Å². The Balaban J connectivity index is 2.68. The number of carboxylic acids is 1. The molecule has 0 aromatic carbocycles. The minimum atomic E-state index is -1.03.